The van der Waals surface area contributed by atoms with Crippen molar-refractivity contribution in [1.29, 1.82) is 0 Å². The van der Waals surface area contributed by atoms with Crippen molar-refractivity contribution in [3.8, 4) is 0 Å². The van der Waals surface area contributed by atoms with Gasteiger partial charge in [-0.25, -0.2) is 9.97 Å². The molecule has 0 fully saturated rings. The molecule has 1 aromatic heterocycles. The fourth-order valence-electron chi connectivity index (χ4n) is 3.01. The van der Waals surface area contributed by atoms with Gasteiger partial charge in [-0.05, 0) is 56.4 Å². The van der Waals surface area contributed by atoms with E-state index in [1.165, 1.54) is 0 Å². The molecule has 1 heterocycles. The van der Waals surface area contributed by atoms with Crippen molar-refractivity contribution in [2.45, 2.75) is 44.0 Å². The zero-order valence-corrected chi connectivity index (χ0v) is 16.9. The molecule has 3 rings (SSSR count). The zero-order chi connectivity index (χ0) is 19.9. The second-order valence-electron chi connectivity index (χ2n) is 6.89. The van der Waals surface area contributed by atoms with Gasteiger partial charge in [0.2, 0.25) is 5.91 Å². The number of rotatable bonds is 6. The van der Waals surface area contributed by atoms with E-state index in [0.717, 1.165) is 40.7 Å². The monoisotopic (exact) mass is 396 g/mol. The van der Waals surface area contributed by atoms with Gasteiger partial charge in [0.15, 0.2) is 5.16 Å². The Balaban J connectivity index is 1.47. The molecule has 146 valence electrons. The molecule has 1 unspecified atom stereocenters. The maximum absolute atomic E-state index is 12.2. The summed E-state index contributed by atoms with van der Waals surface area (Å²) in [6.07, 6.45) is 6.55. The first kappa shape index (κ1) is 20.1. The molecule has 28 heavy (non-hydrogen) atoms. The van der Waals surface area contributed by atoms with E-state index in [-0.39, 0.29) is 17.7 Å². The van der Waals surface area contributed by atoms with E-state index in [9.17, 15) is 9.59 Å². The lowest BCUT2D eigenvalue weighted by Gasteiger charge is -2.10. The topological polar surface area (TPSA) is 84.0 Å². The Hall–Kier alpha value is -2.67. The van der Waals surface area contributed by atoms with E-state index in [2.05, 4.69) is 33.0 Å². The molecule has 0 bridgehead atoms. The predicted molar refractivity (Wildman–Crippen MR) is 110 cm³/mol. The van der Waals surface area contributed by atoms with Crippen molar-refractivity contribution in [3.05, 3.63) is 65.0 Å². The van der Waals surface area contributed by atoms with Crippen LogP contribution in [-0.2, 0) is 10.5 Å². The minimum absolute atomic E-state index is 0.175. The molecule has 1 aromatic carbocycles. The van der Waals surface area contributed by atoms with Crippen LogP contribution in [0.2, 0.25) is 0 Å². The number of nitrogens with one attached hydrogen (secondary N) is 2. The highest BCUT2D eigenvalue weighted by Gasteiger charge is 2.14. The maximum Gasteiger partial charge on any atom is 0.269 e. The molecule has 0 spiro atoms. The zero-order valence-electron chi connectivity index (χ0n) is 16.1. The standard InChI is InChI=1S/C21H24N4O2S/c1-14-11-15(2)23-21(22-14)28-13-17-7-9-18(10-8-17)20(27)25-24-19(26)12-16-5-3-4-6-16/h3,5,7-11,16H,4,6,12-13H2,1-2H3,(H,24,26)(H,25,27). The van der Waals surface area contributed by atoms with Crippen LogP contribution in [0.15, 0.2) is 47.6 Å². The van der Waals surface area contributed by atoms with Gasteiger partial charge in [0.25, 0.3) is 5.91 Å². The fourth-order valence-corrected chi connectivity index (χ4v) is 3.92. The van der Waals surface area contributed by atoms with Gasteiger partial charge < -0.3 is 0 Å². The third kappa shape index (κ3) is 5.92. The number of carbonyl (C=O) groups excluding carboxylic acids is 2. The lowest BCUT2D eigenvalue weighted by Crippen LogP contribution is -2.42. The van der Waals surface area contributed by atoms with Crippen LogP contribution in [-0.4, -0.2) is 21.8 Å². The van der Waals surface area contributed by atoms with Crippen molar-refractivity contribution in [1.82, 2.24) is 20.8 Å². The van der Waals surface area contributed by atoms with Crippen LogP contribution in [0.4, 0.5) is 0 Å². The van der Waals surface area contributed by atoms with Gasteiger partial charge in [0.1, 0.15) is 0 Å². The summed E-state index contributed by atoms with van der Waals surface area (Å²) in [5.74, 6) is 0.490. The van der Waals surface area contributed by atoms with Crippen LogP contribution < -0.4 is 10.9 Å². The average molecular weight is 397 g/mol. The first-order valence-electron chi connectivity index (χ1n) is 9.29. The molecule has 1 atom stereocenters. The fraction of sp³-hybridized carbons (Fsp3) is 0.333. The van der Waals surface area contributed by atoms with E-state index in [4.69, 9.17) is 0 Å². The number of hydrogen-bond acceptors (Lipinski definition) is 5. The van der Waals surface area contributed by atoms with Crippen LogP contribution in [0.25, 0.3) is 0 Å². The highest BCUT2D eigenvalue weighted by atomic mass is 32.2. The number of aryl methyl sites for hydroxylation is 2. The van der Waals surface area contributed by atoms with E-state index < -0.39 is 0 Å². The van der Waals surface area contributed by atoms with Gasteiger partial charge in [0.05, 0.1) is 0 Å². The lowest BCUT2D eigenvalue weighted by atomic mass is 10.1. The Morgan fingerprint density at radius 1 is 1.11 bits per heavy atom. The molecule has 1 aliphatic rings. The Morgan fingerprint density at radius 2 is 1.82 bits per heavy atom. The summed E-state index contributed by atoms with van der Waals surface area (Å²) in [7, 11) is 0. The number of aromatic nitrogens is 2. The van der Waals surface area contributed by atoms with Crippen LogP contribution in [0.3, 0.4) is 0 Å². The number of benzene rings is 1. The SMILES string of the molecule is Cc1cc(C)nc(SCc2ccc(C(=O)NNC(=O)CC3C=CCC3)cc2)n1. The van der Waals surface area contributed by atoms with Gasteiger partial charge in [0, 0.05) is 29.1 Å². The van der Waals surface area contributed by atoms with Crippen molar-refractivity contribution >= 4 is 23.6 Å². The summed E-state index contributed by atoms with van der Waals surface area (Å²) in [5.41, 5.74) is 8.43. The van der Waals surface area contributed by atoms with Gasteiger partial charge >= 0.3 is 0 Å². The first-order chi connectivity index (χ1) is 13.5. The summed E-state index contributed by atoms with van der Waals surface area (Å²) in [4.78, 5) is 32.9. The van der Waals surface area contributed by atoms with Crippen LogP contribution in [0, 0.1) is 19.8 Å². The second-order valence-corrected chi connectivity index (χ2v) is 7.83. The van der Waals surface area contributed by atoms with Gasteiger partial charge in [-0.15, -0.1) is 0 Å². The summed E-state index contributed by atoms with van der Waals surface area (Å²) in [6, 6.07) is 9.24. The number of nitrogens with zero attached hydrogens (tertiary/aromatic N) is 2. The molecule has 2 aromatic rings. The molecular formula is C21H24N4O2S. The Kier molecular flexibility index (Phi) is 6.81. The van der Waals surface area contributed by atoms with Crippen molar-refractivity contribution in [3.63, 3.8) is 0 Å². The van der Waals surface area contributed by atoms with Crippen LogP contribution in [0.1, 0.15) is 46.6 Å². The van der Waals surface area contributed by atoms with Crippen molar-refractivity contribution in [2.75, 3.05) is 0 Å². The summed E-state index contributed by atoms with van der Waals surface area (Å²) in [5, 5.41) is 0.749. The van der Waals surface area contributed by atoms with E-state index >= 15 is 0 Å². The second kappa shape index (κ2) is 9.50. The van der Waals surface area contributed by atoms with Crippen LogP contribution >= 0.6 is 11.8 Å². The molecule has 0 aliphatic heterocycles. The first-order valence-corrected chi connectivity index (χ1v) is 10.3. The normalized spacial score (nSPS) is 15.4. The van der Waals surface area contributed by atoms with Crippen molar-refractivity contribution < 1.29 is 9.59 Å². The number of carbonyl (C=O) groups is 2. The third-order valence-electron chi connectivity index (χ3n) is 4.42. The highest BCUT2D eigenvalue weighted by molar-refractivity contribution is 7.98. The molecule has 6 nitrogen and oxygen atoms in total. The number of hydrogen-bond donors (Lipinski definition) is 2. The molecule has 0 radical (unpaired) electrons. The van der Waals surface area contributed by atoms with Crippen molar-refractivity contribution in [2.24, 2.45) is 5.92 Å². The minimum atomic E-state index is -0.327. The van der Waals surface area contributed by atoms with E-state index in [0.29, 0.717) is 12.0 Å². The Bertz CT molecular complexity index is 860. The molecule has 2 N–H and O–H groups in total. The predicted octanol–water partition coefficient (Wildman–Crippen LogP) is 3.50. The molecule has 2 amide bonds. The Morgan fingerprint density at radius 3 is 2.46 bits per heavy atom. The number of thioether (sulfide) groups is 1. The van der Waals surface area contributed by atoms with Gasteiger partial charge in [-0.1, -0.05) is 36.0 Å². The lowest BCUT2D eigenvalue weighted by molar-refractivity contribution is -0.122. The highest BCUT2D eigenvalue weighted by Crippen LogP contribution is 2.21. The molecule has 1 aliphatic carbocycles. The van der Waals surface area contributed by atoms with Gasteiger partial charge in [-0.2, -0.15) is 0 Å². The largest absolute Gasteiger partial charge is 0.273 e. The van der Waals surface area contributed by atoms with E-state index in [1.807, 2.05) is 32.0 Å². The molecule has 0 saturated carbocycles. The average Bonchev–Trinajstić information content (AvgIpc) is 3.17. The summed E-state index contributed by atoms with van der Waals surface area (Å²) < 4.78 is 0. The number of amides is 2. The smallest absolute Gasteiger partial charge is 0.269 e. The maximum atomic E-state index is 12.2. The quantitative estimate of drug-likeness (QED) is 0.338. The molecular weight excluding hydrogens is 372 g/mol. The molecule has 7 heteroatoms. The summed E-state index contributed by atoms with van der Waals surface area (Å²) in [6.45, 7) is 3.91. The summed E-state index contributed by atoms with van der Waals surface area (Å²) >= 11 is 1.56. The van der Waals surface area contributed by atoms with Crippen LogP contribution in [0.5, 0.6) is 0 Å². The number of allylic oxidation sites excluding steroid dienone is 2. The molecule has 0 saturated heterocycles. The number of hydrazine groups is 1. The van der Waals surface area contributed by atoms with Gasteiger partial charge in [-0.3, -0.25) is 20.4 Å². The third-order valence-corrected chi connectivity index (χ3v) is 5.34. The minimum Gasteiger partial charge on any atom is -0.273 e. The van der Waals surface area contributed by atoms with E-state index in [1.54, 1.807) is 23.9 Å². The Labute approximate surface area is 169 Å².